The largest absolute Gasteiger partial charge is 0.462 e. The lowest BCUT2D eigenvalue weighted by Gasteiger charge is -2.46. The highest BCUT2D eigenvalue weighted by Gasteiger charge is 2.53. The van der Waals surface area contributed by atoms with E-state index in [9.17, 15) is 4.79 Å². The van der Waals surface area contributed by atoms with Crippen LogP contribution in [-0.2, 0) is 9.53 Å². The molecule has 0 aromatic heterocycles. The monoisotopic (exact) mass is 335 g/mol. The SMILES string of the molecule is CC1=C2C[C@@H]3C(CN4CCSCC4)C(=O)O[C@@H]3C[C@@]2(C)CCC1. The zero-order chi connectivity index (χ0) is 16.0. The molecule has 2 aliphatic carbocycles. The number of esters is 1. The average molecular weight is 336 g/mol. The van der Waals surface area contributed by atoms with Crippen molar-refractivity contribution in [1.29, 1.82) is 0 Å². The lowest BCUT2D eigenvalue weighted by molar-refractivity contribution is -0.145. The minimum absolute atomic E-state index is 0.0822. The minimum Gasteiger partial charge on any atom is -0.462 e. The van der Waals surface area contributed by atoms with Gasteiger partial charge in [-0.1, -0.05) is 18.1 Å². The van der Waals surface area contributed by atoms with Gasteiger partial charge in [-0.3, -0.25) is 4.79 Å². The van der Waals surface area contributed by atoms with Gasteiger partial charge in [-0.15, -0.1) is 0 Å². The van der Waals surface area contributed by atoms with E-state index in [0.717, 1.165) is 32.5 Å². The first kappa shape index (κ1) is 16.0. The summed E-state index contributed by atoms with van der Waals surface area (Å²) in [4.78, 5) is 15.0. The molecular weight excluding hydrogens is 306 g/mol. The molecule has 3 nitrogen and oxygen atoms in total. The summed E-state index contributed by atoms with van der Waals surface area (Å²) in [6.45, 7) is 7.91. The first-order valence-corrected chi connectivity index (χ1v) is 10.4. The van der Waals surface area contributed by atoms with Crippen LogP contribution in [0.1, 0.15) is 46.0 Å². The van der Waals surface area contributed by atoms with Crippen molar-refractivity contribution in [3.63, 3.8) is 0 Å². The van der Waals surface area contributed by atoms with Gasteiger partial charge in [-0.2, -0.15) is 11.8 Å². The van der Waals surface area contributed by atoms with Crippen molar-refractivity contribution in [3.05, 3.63) is 11.1 Å². The summed E-state index contributed by atoms with van der Waals surface area (Å²) in [5.74, 6) is 3.03. The molecule has 0 aromatic rings. The van der Waals surface area contributed by atoms with Crippen LogP contribution >= 0.6 is 11.8 Å². The zero-order valence-corrected chi connectivity index (χ0v) is 15.3. The van der Waals surface area contributed by atoms with Crippen molar-refractivity contribution < 1.29 is 9.53 Å². The molecule has 4 rings (SSSR count). The molecule has 1 saturated carbocycles. The predicted molar refractivity (Wildman–Crippen MR) is 94.5 cm³/mol. The standard InChI is InChI=1S/C19H29NO2S/c1-13-4-3-5-19(2)11-17-14(10-16(13)19)15(18(21)22-17)12-20-6-8-23-9-7-20/h14-15,17H,3-12H2,1-2H3/t14-,15?,17-,19-/m1/s1. The zero-order valence-electron chi connectivity index (χ0n) is 14.5. The molecule has 23 heavy (non-hydrogen) atoms. The van der Waals surface area contributed by atoms with Crippen LogP contribution in [-0.4, -0.2) is 48.1 Å². The number of allylic oxidation sites excluding steroid dienone is 2. The summed E-state index contributed by atoms with van der Waals surface area (Å²) >= 11 is 2.03. The van der Waals surface area contributed by atoms with Crippen LogP contribution in [0.5, 0.6) is 0 Å². The van der Waals surface area contributed by atoms with Crippen molar-refractivity contribution in [2.45, 2.75) is 52.1 Å². The Hall–Kier alpha value is -0.480. The van der Waals surface area contributed by atoms with E-state index in [2.05, 4.69) is 18.7 Å². The summed E-state index contributed by atoms with van der Waals surface area (Å²) < 4.78 is 5.88. The fourth-order valence-electron chi connectivity index (χ4n) is 5.38. The van der Waals surface area contributed by atoms with E-state index < -0.39 is 0 Å². The van der Waals surface area contributed by atoms with Gasteiger partial charge in [0.15, 0.2) is 0 Å². The molecule has 2 heterocycles. The molecule has 4 heteroatoms. The highest BCUT2D eigenvalue weighted by atomic mass is 32.2. The number of hydrogen-bond donors (Lipinski definition) is 0. The normalized spacial score (nSPS) is 41.5. The Bertz CT molecular complexity index is 525. The van der Waals surface area contributed by atoms with Crippen molar-refractivity contribution >= 4 is 17.7 Å². The van der Waals surface area contributed by atoms with E-state index in [-0.39, 0.29) is 18.0 Å². The predicted octanol–water partition coefficient (Wildman–Crippen LogP) is 3.49. The lowest BCUT2D eigenvalue weighted by atomic mass is 9.59. The molecule has 0 amide bonds. The molecule has 0 N–H and O–H groups in total. The molecule has 3 fully saturated rings. The second-order valence-corrected chi connectivity index (χ2v) is 9.46. The van der Waals surface area contributed by atoms with Crippen LogP contribution in [0.3, 0.4) is 0 Å². The van der Waals surface area contributed by atoms with E-state index in [4.69, 9.17) is 4.74 Å². The Morgan fingerprint density at radius 2 is 2.13 bits per heavy atom. The van der Waals surface area contributed by atoms with Gasteiger partial charge < -0.3 is 9.64 Å². The molecular formula is C19H29NO2S. The van der Waals surface area contributed by atoms with Crippen LogP contribution < -0.4 is 0 Å². The molecule has 0 radical (unpaired) electrons. The molecule has 2 saturated heterocycles. The maximum atomic E-state index is 12.5. The van der Waals surface area contributed by atoms with Crippen LogP contribution in [0.2, 0.25) is 0 Å². The number of rotatable bonds is 2. The van der Waals surface area contributed by atoms with Crippen molar-refractivity contribution in [1.82, 2.24) is 4.90 Å². The summed E-state index contributed by atoms with van der Waals surface area (Å²) in [5, 5.41) is 0. The molecule has 128 valence electrons. The third-order valence-corrected chi connectivity index (χ3v) is 7.68. The second kappa shape index (κ2) is 6.11. The smallest absolute Gasteiger partial charge is 0.310 e. The second-order valence-electron chi connectivity index (χ2n) is 8.24. The average Bonchev–Trinajstić information content (AvgIpc) is 2.81. The number of nitrogens with zero attached hydrogens (tertiary/aromatic N) is 1. The number of carbonyl (C=O) groups is 1. The number of ether oxygens (including phenoxy) is 1. The van der Waals surface area contributed by atoms with E-state index in [0.29, 0.717) is 11.3 Å². The topological polar surface area (TPSA) is 29.5 Å². The molecule has 0 spiro atoms. The van der Waals surface area contributed by atoms with Gasteiger partial charge >= 0.3 is 5.97 Å². The number of carbonyl (C=O) groups excluding carboxylic acids is 1. The van der Waals surface area contributed by atoms with Gasteiger partial charge in [0.2, 0.25) is 0 Å². The third-order valence-electron chi connectivity index (χ3n) is 6.74. The van der Waals surface area contributed by atoms with Crippen LogP contribution in [0.4, 0.5) is 0 Å². The molecule has 4 aliphatic rings. The van der Waals surface area contributed by atoms with Crippen LogP contribution in [0.25, 0.3) is 0 Å². The molecule has 0 aromatic carbocycles. The van der Waals surface area contributed by atoms with E-state index in [1.807, 2.05) is 11.8 Å². The van der Waals surface area contributed by atoms with Gasteiger partial charge in [0.1, 0.15) is 6.10 Å². The number of thioether (sulfide) groups is 1. The highest BCUT2D eigenvalue weighted by Crippen LogP contribution is 2.55. The van der Waals surface area contributed by atoms with Crippen LogP contribution in [0.15, 0.2) is 11.1 Å². The van der Waals surface area contributed by atoms with Gasteiger partial charge in [-0.05, 0) is 44.4 Å². The van der Waals surface area contributed by atoms with Crippen molar-refractivity contribution in [2.24, 2.45) is 17.3 Å². The lowest BCUT2D eigenvalue weighted by Crippen LogP contribution is -2.43. The summed E-state index contributed by atoms with van der Waals surface area (Å²) in [6, 6.07) is 0. The number of hydrogen-bond acceptors (Lipinski definition) is 4. The minimum atomic E-state index is 0.0822. The quantitative estimate of drug-likeness (QED) is 0.571. The summed E-state index contributed by atoms with van der Waals surface area (Å²) in [5.41, 5.74) is 3.56. The van der Waals surface area contributed by atoms with Crippen molar-refractivity contribution in [2.75, 3.05) is 31.1 Å². The Labute approximate surface area is 144 Å². The molecule has 0 bridgehead atoms. The van der Waals surface area contributed by atoms with Gasteiger partial charge in [0, 0.05) is 37.1 Å². The highest BCUT2D eigenvalue weighted by molar-refractivity contribution is 7.99. The fraction of sp³-hybridized carbons (Fsp3) is 0.842. The maximum Gasteiger partial charge on any atom is 0.310 e. The Kier molecular flexibility index (Phi) is 4.25. The van der Waals surface area contributed by atoms with Gasteiger partial charge in [0.25, 0.3) is 0 Å². The maximum absolute atomic E-state index is 12.5. The van der Waals surface area contributed by atoms with Crippen molar-refractivity contribution in [3.8, 4) is 0 Å². The summed E-state index contributed by atoms with van der Waals surface area (Å²) in [6.07, 6.45) is 6.16. The molecule has 1 unspecified atom stereocenters. The van der Waals surface area contributed by atoms with E-state index in [1.165, 1.54) is 30.8 Å². The van der Waals surface area contributed by atoms with E-state index in [1.54, 1.807) is 11.1 Å². The van der Waals surface area contributed by atoms with Gasteiger partial charge in [0.05, 0.1) is 5.92 Å². The third kappa shape index (κ3) is 2.86. The van der Waals surface area contributed by atoms with E-state index >= 15 is 0 Å². The number of fused-ring (bicyclic) bond motifs is 2. The first-order valence-electron chi connectivity index (χ1n) is 9.26. The fourth-order valence-corrected chi connectivity index (χ4v) is 6.36. The Balaban J connectivity index is 1.54. The van der Waals surface area contributed by atoms with Crippen LogP contribution in [0, 0.1) is 17.3 Å². The molecule has 2 aliphatic heterocycles. The first-order chi connectivity index (χ1) is 11.1. The van der Waals surface area contributed by atoms with Gasteiger partial charge in [-0.25, -0.2) is 0 Å². The Morgan fingerprint density at radius 1 is 1.35 bits per heavy atom. The molecule has 4 atom stereocenters. The Morgan fingerprint density at radius 3 is 2.91 bits per heavy atom. The summed E-state index contributed by atoms with van der Waals surface area (Å²) in [7, 11) is 0.